The fraction of sp³-hybridized carbons (Fsp3) is 0.381. The predicted octanol–water partition coefficient (Wildman–Crippen LogP) is 2.88. The summed E-state index contributed by atoms with van der Waals surface area (Å²) in [4.78, 5) is 13.4. The van der Waals surface area contributed by atoms with Crippen LogP contribution >= 0.6 is 0 Å². The molecular weight excluding hydrogens is 342 g/mol. The van der Waals surface area contributed by atoms with Gasteiger partial charge in [0, 0.05) is 11.6 Å². The Hall–Kier alpha value is -2.57. The summed E-state index contributed by atoms with van der Waals surface area (Å²) in [6, 6.07) is 16.2. The van der Waals surface area contributed by atoms with Crippen molar-refractivity contribution in [3.05, 3.63) is 59.7 Å². The molecule has 27 heavy (non-hydrogen) atoms. The number of carbonyl (C=O) groups excluding carboxylic acids is 1. The van der Waals surface area contributed by atoms with Gasteiger partial charge in [-0.25, -0.2) is 5.84 Å². The minimum Gasteiger partial charge on any atom is -0.493 e. The number of hydrogen-bond donors (Lipinski definition) is 2. The average Bonchev–Trinajstić information content (AvgIpc) is 2.71. The Bertz CT molecular complexity index is 690. The number of methoxy groups -OCH3 is 2. The number of benzene rings is 2. The van der Waals surface area contributed by atoms with E-state index >= 15 is 0 Å². The fourth-order valence-electron chi connectivity index (χ4n) is 2.64. The molecule has 0 radical (unpaired) electrons. The number of nitrogens with one attached hydrogen (secondary N) is 1. The molecule has 3 N–H and O–H groups in total. The number of nitrogen functional groups attached to an aromatic ring is 1. The van der Waals surface area contributed by atoms with Gasteiger partial charge in [0.25, 0.3) is 5.91 Å². The van der Waals surface area contributed by atoms with E-state index in [1.54, 1.807) is 18.2 Å². The smallest absolute Gasteiger partial charge is 0.265 e. The van der Waals surface area contributed by atoms with Crippen molar-refractivity contribution in [1.82, 2.24) is 10.3 Å². The monoisotopic (exact) mass is 373 g/mol. The maximum atomic E-state index is 11.1. The van der Waals surface area contributed by atoms with Gasteiger partial charge in [-0.3, -0.25) is 10.2 Å². The van der Waals surface area contributed by atoms with Crippen molar-refractivity contribution >= 4 is 5.91 Å². The molecule has 2 aromatic rings. The maximum absolute atomic E-state index is 11.1. The van der Waals surface area contributed by atoms with Crippen LogP contribution in [0.15, 0.2) is 48.5 Å². The molecule has 0 aromatic heterocycles. The number of carbonyl (C=O) groups is 1. The largest absolute Gasteiger partial charge is 0.493 e. The van der Waals surface area contributed by atoms with Crippen molar-refractivity contribution in [2.45, 2.75) is 25.8 Å². The second-order valence-corrected chi connectivity index (χ2v) is 6.26. The van der Waals surface area contributed by atoms with E-state index in [1.807, 2.05) is 5.43 Å². The molecule has 0 heterocycles. The minimum absolute atomic E-state index is 0.369. The van der Waals surface area contributed by atoms with Gasteiger partial charge in [0.1, 0.15) is 0 Å². The van der Waals surface area contributed by atoms with Crippen molar-refractivity contribution in [2.24, 2.45) is 5.84 Å². The highest BCUT2D eigenvalue weighted by Crippen LogP contribution is 2.27. The van der Waals surface area contributed by atoms with E-state index in [0.717, 1.165) is 6.42 Å². The number of hydrazine groups is 1. The van der Waals surface area contributed by atoms with Crippen molar-refractivity contribution < 1.29 is 14.3 Å². The van der Waals surface area contributed by atoms with Gasteiger partial charge in [-0.1, -0.05) is 37.3 Å². The van der Waals surface area contributed by atoms with Gasteiger partial charge in [-0.2, -0.15) is 0 Å². The van der Waals surface area contributed by atoms with Crippen LogP contribution in [0.4, 0.5) is 0 Å². The van der Waals surface area contributed by atoms with Crippen molar-refractivity contribution in [3.63, 3.8) is 0 Å². The lowest BCUT2D eigenvalue weighted by Gasteiger charge is -2.22. The Morgan fingerprint density at radius 1 is 1.07 bits per heavy atom. The molecule has 6 heteroatoms. The standard InChI is InChI=1S/C12H19N.C9H12N2O3/c1-4-12(13(2)3)10-11-8-6-5-7-9-11;1-13-7-4-3-6(9(12)11-10)5-8(7)14-2/h5-9,12H,4,10H2,1-3H3;3-5H,10H2,1-2H3,(H,11,12). The number of nitrogens with two attached hydrogens (primary N) is 1. The highest BCUT2D eigenvalue weighted by atomic mass is 16.5. The predicted molar refractivity (Wildman–Crippen MR) is 109 cm³/mol. The van der Waals surface area contributed by atoms with Crippen molar-refractivity contribution in [2.75, 3.05) is 28.3 Å². The van der Waals surface area contributed by atoms with Crippen LogP contribution in [0.25, 0.3) is 0 Å². The molecular formula is C21H31N3O3. The van der Waals surface area contributed by atoms with Gasteiger partial charge in [0.15, 0.2) is 11.5 Å². The number of likely N-dealkylation sites (N-methyl/N-ethyl adjacent to an activating group) is 1. The molecule has 0 aliphatic heterocycles. The second-order valence-electron chi connectivity index (χ2n) is 6.26. The van der Waals surface area contributed by atoms with E-state index in [0.29, 0.717) is 23.1 Å². The lowest BCUT2D eigenvalue weighted by molar-refractivity contribution is 0.0953. The van der Waals surface area contributed by atoms with Crippen LogP contribution in [0.2, 0.25) is 0 Å². The molecule has 0 saturated carbocycles. The molecule has 2 rings (SSSR count). The van der Waals surface area contributed by atoms with Crippen LogP contribution in [0.5, 0.6) is 11.5 Å². The zero-order chi connectivity index (χ0) is 20.2. The molecule has 0 bridgehead atoms. The molecule has 0 saturated heterocycles. The zero-order valence-electron chi connectivity index (χ0n) is 16.9. The molecule has 2 aromatic carbocycles. The first-order chi connectivity index (χ1) is 13.0. The topological polar surface area (TPSA) is 76.8 Å². The molecule has 148 valence electrons. The van der Waals surface area contributed by atoms with Crippen LogP contribution < -0.4 is 20.7 Å². The normalized spacial score (nSPS) is 11.2. The molecule has 1 unspecified atom stereocenters. The number of hydrogen-bond acceptors (Lipinski definition) is 5. The first-order valence-electron chi connectivity index (χ1n) is 8.90. The summed E-state index contributed by atoms with van der Waals surface area (Å²) >= 11 is 0. The van der Waals surface area contributed by atoms with E-state index in [-0.39, 0.29) is 5.91 Å². The van der Waals surface area contributed by atoms with Gasteiger partial charge in [0.05, 0.1) is 14.2 Å². The van der Waals surface area contributed by atoms with E-state index in [9.17, 15) is 4.79 Å². The second kappa shape index (κ2) is 11.9. The first-order valence-corrected chi connectivity index (χ1v) is 8.90. The maximum Gasteiger partial charge on any atom is 0.265 e. The number of rotatable bonds is 7. The Kier molecular flexibility index (Phi) is 9.93. The van der Waals surface area contributed by atoms with E-state index in [1.165, 1.54) is 26.2 Å². The van der Waals surface area contributed by atoms with Gasteiger partial charge >= 0.3 is 0 Å². The van der Waals surface area contributed by atoms with Gasteiger partial charge in [0.2, 0.25) is 0 Å². The van der Waals surface area contributed by atoms with Gasteiger partial charge < -0.3 is 14.4 Å². The summed E-state index contributed by atoms with van der Waals surface area (Å²) in [5.74, 6) is 5.69. The van der Waals surface area contributed by atoms with Gasteiger partial charge in [-0.15, -0.1) is 0 Å². The summed E-state index contributed by atoms with van der Waals surface area (Å²) in [6.45, 7) is 2.24. The summed E-state index contributed by atoms with van der Waals surface area (Å²) in [7, 11) is 7.33. The van der Waals surface area contributed by atoms with E-state index < -0.39 is 0 Å². The van der Waals surface area contributed by atoms with Crippen LogP contribution in [0, 0.1) is 0 Å². The summed E-state index contributed by atoms with van der Waals surface area (Å²) in [5.41, 5.74) is 3.89. The summed E-state index contributed by atoms with van der Waals surface area (Å²) in [5, 5.41) is 0. The molecule has 6 nitrogen and oxygen atoms in total. The Morgan fingerprint density at radius 3 is 2.19 bits per heavy atom. The molecule has 1 amide bonds. The molecule has 0 fully saturated rings. The highest BCUT2D eigenvalue weighted by molar-refractivity contribution is 5.94. The minimum atomic E-state index is -0.369. The van der Waals surface area contributed by atoms with Crippen LogP contribution in [-0.4, -0.2) is 45.2 Å². The average molecular weight is 373 g/mol. The molecule has 0 spiro atoms. The third-order valence-electron chi connectivity index (χ3n) is 4.29. The quantitative estimate of drug-likeness (QED) is 0.443. The summed E-state index contributed by atoms with van der Waals surface area (Å²) < 4.78 is 10.0. The number of amides is 1. The third kappa shape index (κ3) is 7.29. The molecule has 0 aliphatic rings. The SMILES string of the molecule is CCC(Cc1ccccc1)N(C)C.COc1ccc(C(=O)NN)cc1OC. The Morgan fingerprint density at radius 2 is 1.70 bits per heavy atom. The highest BCUT2D eigenvalue weighted by Gasteiger charge is 2.09. The van der Waals surface area contributed by atoms with Gasteiger partial charge in [-0.05, 0) is 50.7 Å². The zero-order valence-corrected chi connectivity index (χ0v) is 16.9. The van der Waals surface area contributed by atoms with E-state index in [4.69, 9.17) is 15.3 Å². The molecule has 0 aliphatic carbocycles. The summed E-state index contributed by atoms with van der Waals surface area (Å²) in [6.07, 6.45) is 2.37. The number of ether oxygens (including phenoxy) is 2. The third-order valence-corrected chi connectivity index (χ3v) is 4.29. The lowest BCUT2D eigenvalue weighted by Crippen LogP contribution is -2.29. The van der Waals surface area contributed by atoms with Crippen molar-refractivity contribution in [3.8, 4) is 11.5 Å². The van der Waals surface area contributed by atoms with Crippen LogP contribution in [0.3, 0.4) is 0 Å². The van der Waals surface area contributed by atoms with Crippen molar-refractivity contribution in [1.29, 1.82) is 0 Å². The Balaban J connectivity index is 0.000000271. The lowest BCUT2D eigenvalue weighted by atomic mass is 10.0. The molecule has 1 atom stereocenters. The number of nitrogens with zero attached hydrogens (tertiary/aromatic N) is 1. The van der Waals surface area contributed by atoms with Crippen LogP contribution in [-0.2, 0) is 6.42 Å². The first kappa shape index (κ1) is 22.5. The van der Waals surface area contributed by atoms with Crippen LogP contribution in [0.1, 0.15) is 29.3 Å². The fourth-order valence-corrected chi connectivity index (χ4v) is 2.64. The van der Waals surface area contributed by atoms with E-state index in [2.05, 4.69) is 56.3 Å². The Labute approximate surface area is 162 Å².